The van der Waals surface area contributed by atoms with Gasteiger partial charge in [0.1, 0.15) is 22.9 Å². The van der Waals surface area contributed by atoms with E-state index in [4.69, 9.17) is 26.4 Å². The summed E-state index contributed by atoms with van der Waals surface area (Å²) in [4.78, 5) is 33.5. The fraction of sp³-hybridized carbons (Fsp3) is 0.727. The van der Waals surface area contributed by atoms with Crippen molar-refractivity contribution in [3.63, 3.8) is 0 Å². The number of rotatable bonds is 8. The summed E-state index contributed by atoms with van der Waals surface area (Å²) >= 11 is 0. The second kappa shape index (κ2) is 8.47. The van der Waals surface area contributed by atoms with Gasteiger partial charge in [0, 0.05) is 5.75 Å². The molecule has 10 heteroatoms. The van der Waals surface area contributed by atoms with E-state index in [2.05, 4.69) is 0 Å². The third-order valence-corrected chi connectivity index (χ3v) is 4.75. The minimum absolute atomic E-state index is 0.00559. The molecule has 0 amide bonds. The van der Waals surface area contributed by atoms with E-state index in [0.29, 0.717) is 0 Å². The maximum absolute atomic E-state index is 12.0. The molecule has 0 rings (SSSR count). The molecule has 0 aromatic carbocycles. The van der Waals surface area contributed by atoms with Crippen molar-refractivity contribution >= 4 is 39.5 Å². The summed E-state index contributed by atoms with van der Waals surface area (Å²) in [5, 5.41) is 16.4. The van der Waals surface area contributed by atoms with Crippen molar-refractivity contribution in [3.05, 3.63) is 0 Å². The van der Waals surface area contributed by atoms with E-state index in [9.17, 15) is 14.4 Å². The Morgan fingerprint density at radius 3 is 2.05 bits per heavy atom. The number of hydrogen-bond acceptors (Lipinski definition) is 8. The number of carbonyl (C=O) groups is 3. The van der Waals surface area contributed by atoms with Gasteiger partial charge in [-0.2, -0.15) is 0 Å². The molecule has 0 aromatic rings. The highest BCUT2D eigenvalue weighted by molar-refractivity contribution is 8.77. The molecule has 0 saturated carbocycles. The molecular formula is C11H20N2O6S2. The molecule has 3 atom stereocenters. The average molecular weight is 340 g/mol. The van der Waals surface area contributed by atoms with Crippen molar-refractivity contribution < 1.29 is 29.3 Å². The van der Waals surface area contributed by atoms with Gasteiger partial charge in [0.2, 0.25) is 0 Å². The van der Waals surface area contributed by atoms with Crippen LogP contribution in [0.4, 0.5) is 0 Å². The number of aliphatic carboxylic acids is 2. The number of hydrogen-bond donors (Lipinski definition) is 4. The fourth-order valence-electron chi connectivity index (χ4n) is 0.992. The third kappa shape index (κ3) is 8.15. The molecular weight excluding hydrogens is 320 g/mol. The molecule has 0 fully saturated rings. The molecule has 0 heterocycles. The van der Waals surface area contributed by atoms with Crippen molar-refractivity contribution in [2.75, 3.05) is 5.75 Å². The van der Waals surface area contributed by atoms with Gasteiger partial charge in [-0.15, -0.1) is 0 Å². The second-order valence-corrected chi connectivity index (χ2v) is 7.70. The molecule has 6 N–H and O–H groups in total. The molecule has 0 aliphatic heterocycles. The number of esters is 1. The van der Waals surface area contributed by atoms with Crippen molar-refractivity contribution in [1.82, 2.24) is 0 Å². The van der Waals surface area contributed by atoms with Crippen molar-refractivity contribution in [3.8, 4) is 0 Å². The van der Waals surface area contributed by atoms with Gasteiger partial charge in [0.25, 0.3) is 0 Å². The first-order valence-corrected chi connectivity index (χ1v) is 8.32. The predicted octanol–water partition coefficient (Wildman–Crippen LogP) is -0.0981. The zero-order valence-corrected chi connectivity index (χ0v) is 13.6. The van der Waals surface area contributed by atoms with Crippen LogP contribution in [0.3, 0.4) is 0 Å². The first kappa shape index (κ1) is 20.0. The standard InChI is InChI=1S/C11H20N2O6S2/c1-11(2,3)19-10(18)7(6(13)9(16)17)21-20-4-5(12)8(14)15/h5-7H,4,12-13H2,1-3H3,(H,14,15)(H,16,17)/t5-,6-,7?/m0/s1. The van der Waals surface area contributed by atoms with E-state index < -0.39 is 40.8 Å². The van der Waals surface area contributed by atoms with Crippen LogP contribution < -0.4 is 11.5 Å². The smallest absolute Gasteiger partial charge is 0.322 e. The Bertz CT molecular complexity index is 399. The Balaban J connectivity index is 4.72. The summed E-state index contributed by atoms with van der Waals surface area (Å²) in [5.74, 6) is -3.29. The van der Waals surface area contributed by atoms with Gasteiger partial charge in [-0.1, -0.05) is 21.6 Å². The second-order valence-electron chi connectivity index (χ2n) is 5.14. The molecule has 0 aliphatic carbocycles. The summed E-state index contributed by atoms with van der Waals surface area (Å²) in [7, 11) is 1.81. The van der Waals surface area contributed by atoms with Crippen LogP contribution in [0.1, 0.15) is 20.8 Å². The monoisotopic (exact) mass is 340 g/mol. The lowest BCUT2D eigenvalue weighted by molar-refractivity contribution is -0.157. The normalized spacial score (nSPS) is 15.9. The van der Waals surface area contributed by atoms with Crippen LogP contribution in [0.25, 0.3) is 0 Å². The van der Waals surface area contributed by atoms with E-state index >= 15 is 0 Å². The van der Waals surface area contributed by atoms with Crippen molar-refractivity contribution in [1.29, 1.82) is 0 Å². The number of ether oxygens (including phenoxy) is 1. The van der Waals surface area contributed by atoms with Crippen LogP contribution >= 0.6 is 21.6 Å². The molecule has 0 aromatic heterocycles. The highest BCUT2D eigenvalue weighted by atomic mass is 33.1. The zero-order valence-electron chi connectivity index (χ0n) is 11.9. The van der Waals surface area contributed by atoms with Crippen LogP contribution in [-0.2, 0) is 19.1 Å². The molecule has 0 aliphatic rings. The molecule has 1 unspecified atom stereocenters. The zero-order chi connectivity index (χ0) is 16.8. The first-order chi connectivity index (χ1) is 9.45. The minimum Gasteiger partial charge on any atom is -0.480 e. The maximum Gasteiger partial charge on any atom is 0.322 e. The van der Waals surface area contributed by atoms with Gasteiger partial charge in [0.15, 0.2) is 0 Å². The molecule has 0 radical (unpaired) electrons. The largest absolute Gasteiger partial charge is 0.480 e. The highest BCUT2D eigenvalue weighted by Crippen LogP contribution is 2.30. The summed E-state index contributed by atoms with van der Waals surface area (Å²) < 4.78 is 5.11. The topological polar surface area (TPSA) is 153 Å². The maximum atomic E-state index is 12.0. The lowest BCUT2D eigenvalue weighted by Crippen LogP contribution is -2.46. The Hall–Kier alpha value is -0.970. The SMILES string of the molecule is CC(C)(C)OC(=O)C(SSC[C@H](N)C(=O)O)[C@H](N)C(=O)O. The van der Waals surface area contributed by atoms with Crippen LogP contribution in [0.2, 0.25) is 0 Å². The molecule has 0 bridgehead atoms. The van der Waals surface area contributed by atoms with Crippen molar-refractivity contribution in [2.45, 2.75) is 43.7 Å². The van der Waals surface area contributed by atoms with Crippen LogP contribution in [0, 0.1) is 0 Å². The van der Waals surface area contributed by atoms with Gasteiger partial charge in [-0.3, -0.25) is 14.4 Å². The van der Waals surface area contributed by atoms with E-state index in [1.807, 2.05) is 0 Å². The van der Waals surface area contributed by atoms with Gasteiger partial charge >= 0.3 is 17.9 Å². The molecule has 122 valence electrons. The fourth-order valence-corrected chi connectivity index (χ4v) is 3.58. The Kier molecular flexibility index (Phi) is 8.08. The van der Waals surface area contributed by atoms with Gasteiger partial charge in [-0.05, 0) is 20.8 Å². The lowest BCUT2D eigenvalue weighted by atomic mass is 10.1. The van der Waals surface area contributed by atoms with Crippen LogP contribution in [-0.4, -0.2) is 56.8 Å². The third-order valence-electron chi connectivity index (χ3n) is 1.99. The average Bonchev–Trinajstić information content (AvgIpc) is 2.30. The number of carbonyl (C=O) groups excluding carboxylic acids is 1. The molecule has 0 saturated heterocycles. The quantitative estimate of drug-likeness (QED) is 0.348. The van der Waals surface area contributed by atoms with Gasteiger partial charge in [0.05, 0.1) is 0 Å². The highest BCUT2D eigenvalue weighted by Gasteiger charge is 2.35. The Morgan fingerprint density at radius 2 is 1.67 bits per heavy atom. The Labute approximate surface area is 130 Å². The first-order valence-electron chi connectivity index (χ1n) is 5.93. The van der Waals surface area contributed by atoms with Crippen LogP contribution in [0.15, 0.2) is 0 Å². The predicted molar refractivity (Wildman–Crippen MR) is 80.9 cm³/mol. The van der Waals surface area contributed by atoms with Gasteiger partial charge < -0.3 is 26.4 Å². The molecule has 0 spiro atoms. The van der Waals surface area contributed by atoms with E-state index in [1.54, 1.807) is 20.8 Å². The summed E-state index contributed by atoms with van der Waals surface area (Å²) in [6.45, 7) is 4.94. The molecule has 8 nitrogen and oxygen atoms in total. The molecule has 21 heavy (non-hydrogen) atoms. The number of carboxylic acid groups (broad SMARTS) is 2. The van der Waals surface area contributed by atoms with E-state index in [0.717, 1.165) is 21.6 Å². The lowest BCUT2D eigenvalue weighted by Gasteiger charge is -2.25. The minimum atomic E-state index is -1.46. The van der Waals surface area contributed by atoms with Crippen LogP contribution in [0.5, 0.6) is 0 Å². The Morgan fingerprint density at radius 1 is 1.14 bits per heavy atom. The summed E-state index contributed by atoms with van der Waals surface area (Å²) in [6.07, 6.45) is 0. The van der Waals surface area contributed by atoms with E-state index in [-0.39, 0.29) is 5.75 Å². The number of carboxylic acids is 2. The summed E-state index contributed by atoms with van der Waals surface area (Å²) in [6, 6.07) is -2.57. The van der Waals surface area contributed by atoms with Crippen molar-refractivity contribution in [2.24, 2.45) is 11.5 Å². The van der Waals surface area contributed by atoms with E-state index in [1.165, 1.54) is 0 Å². The summed E-state index contributed by atoms with van der Waals surface area (Å²) in [5.41, 5.74) is 10.0. The number of nitrogens with two attached hydrogens (primary N) is 2. The van der Waals surface area contributed by atoms with Gasteiger partial charge in [-0.25, -0.2) is 0 Å².